The number of methoxy groups -OCH3 is 2. The lowest BCUT2D eigenvalue weighted by Gasteiger charge is -2.12. The Bertz CT molecular complexity index is 912. The number of carbonyl (C=O) groups is 1. The number of aromatic nitrogens is 1. The first-order valence-corrected chi connectivity index (χ1v) is 8.01. The van der Waals surface area contributed by atoms with E-state index in [1.807, 2.05) is 36.4 Å². The molecule has 0 aliphatic carbocycles. The van der Waals surface area contributed by atoms with Gasteiger partial charge in [0.25, 0.3) is 5.91 Å². The van der Waals surface area contributed by atoms with Crippen molar-refractivity contribution in [2.24, 2.45) is 0 Å². The van der Waals surface area contributed by atoms with Gasteiger partial charge < -0.3 is 20.1 Å². The molecule has 0 aliphatic heterocycles. The van der Waals surface area contributed by atoms with Gasteiger partial charge in [-0.05, 0) is 36.4 Å². The Kier molecular flexibility index (Phi) is 5.34. The number of pyridine rings is 1. The highest BCUT2D eigenvalue weighted by Crippen LogP contribution is 2.27. The van der Waals surface area contributed by atoms with Crippen molar-refractivity contribution in [1.82, 2.24) is 4.98 Å². The van der Waals surface area contributed by atoms with E-state index in [9.17, 15) is 4.79 Å². The Morgan fingerprint density at radius 1 is 0.923 bits per heavy atom. The maximum atomic E-state index is 12.5. The van der Waals surface area contributed by atoms with Gasteiger partial charge in [0.05, 0.1) is 19.9 Å². The maximum absolute atomic E-state index is 12.5. The second-order valence-corrected chi connectivity index (χ2v) is 5.44. The number of ether oxygens (including phenoxy) is 2. The zero-order valence-electron chi connectivity index (χ0n) is 14.5. The quantitative estimate of drug-likeness (QED) is 0.701. The highest BCUT2D eigenvalue weighted by atomic mass is 16.5. The summed E-state index contributed by atoms with van der Waals surface area (Å²) in [5.41, 5.74) is 2.48. The van der Waals surface area contributed by atoms with Crippen LogP contribution in [0.4, 0.5) is 17.1 Å². The van der Waals surface area contributed by atoms with Crippen molar-refractivity contribution < 1.29 is 14.3 Å². The molecule has 1 heterocycles. The van der Waals surface area contributed by atoms with Crippen LogP contribution in [-0.2, 0) is 0 Å². The van der Waals surface area contributed by atoms with Crippen LogP contribution in [0.5, 0.6) is 11.5 Å². The fourth-order valence-electron chi connectivity index (χ4n) is 2.43. The number of nitrogens with zero attached hydrogens (tertiary/aromatic N) is 1. The second kappa shape index (κ2) is 8.02. The summed E-state index contributed by atoms with van der Waals surface area (Å²) in [5, 5.41) is 6.05. The Morgan fingerprint density at radius 3 is 2.58 bits per heavy atom. The monoisotopic (exact) mass is 349 g/mol. The first-order valence-electron chi connectivity index (χ1n) is 8.01. The fourth-order valence-corrected chi connectivity index (χ4v) is 2.43. The highest BCUT2D eigenvalue weighted by molar-refractivity contribution is 6.03. The molecule has 2 aromatic carbocycles. The molecule has 6 heteroatoms. The van der Waals surface area contributed by atoms with E-state index in [1.165, 1.54) is 0 Å². The second-order valence-electron chi connectivity index (χ2n) is 5.44. The Labute approximate surface area is 151 Å². The summed E-state index contributed by atoms with van der Waals surface area (Å²) in [6.07, 6.45) is 1.58. The van der Waals surface area contributed by atoms with Gasteiger partial charge in [-0.2, -0.15) is 0 Å². The molecule has 3 rings (SSSR count). The van der Waals surface area contributed by atoms with Crippen molar-refractivity contribution in [3.8, 4) is 11.5 Å². The number of benzene rings is 2. The van der Waals surface area contributed by atoms with Crippen molar-refractivity contribution in [2.45, 2.75) is 0 Å². The molecule has 0 spiro atoms. The third-order valence-electron chi connectivity index (χ3n) is 3.71. The van der Waals surface area contributed by atoms with Crippen LogP contribution in [0.1, 0.15) is 10.5 Å². The summed E-state index contributed by atoms with van der Waals surface area (Å²) in [6, 6.07) is 18.2. The van der Waals surface area contributed by atoms with E-state index >= 15 is 0 Å². The lowest BCUT2D eigenvalue weighted by atomic mass is 10.2. The van der Waals surface area contributed by atoms with Crippen LogP contribution in [-0.4, -0.2) is 25.1 Å². The van der Waals surface area contributed by atoms with Gasteiger partial charge in [-0.15, -0.1) is 0 Å². The average Bonchev–Trinajstić information content (AvgIpc) is 2.69. The number of para-hydroxylation sites is 2. The summed E-state index contributed by atoms with van der Waals surface area (Å²) < 4.78 is 10.5. The van der Waals surface area contributed by atoms with Gasteiger partial charge in [0.15, 0.2) is 0 Å². The number of amides is 1. The minimum Gasteiger partial charge on any atom is -0.497 e. The molecular weight excluding hydrogens is 330 g/mol. The topological polar surface area (TPSA) is 72.5 Å². The number of hydrogen-bond donors (Lipinski definition) is 2. The summed E-state index contributed by atoms with van der Waals surface area (Å²) in [4.78, 5) is 16.6. The van der Waals surface area contributed by atoms with E-state index in [0.717, 1.165) is 11.4 Å². The predicted molar refractivity (Wildman–Crippen MR) is 101 cm³/mol. The van der Waals surface area contributed by atoms with Crippen molar-refractivity contribution >= 4 is 23.0 Å². The van der Waals surface area contributed by atoms with E-state index in [0.29, 0.717) is 22.9 Å². The van der Waals surface area contributed by atoms with Crippen LogP contribution in [0.15, 0.2) is 66.9 Å². The molecular formula is C20H19N3O3. The molecule has 3 aromatic rings. The standard InChI is InChI=1S/C20H19N3O3/c1-25-16-7-5-6-14(12-16)23-20(24)18-13-15(10-11-21-18)22-17-8-3-4-9-19(17)26-2/h3-13H,1-2H3,(H,21,22)(H,23,24). The summed E-state index contributed by atoms with van der Waals surface area (Å²) >= 11 is 0. The molecule has 0 bridgehead atoms. The SMILES string of the molecule is COc1cccc(NC(=O)c2cc(Nc3ccccc3OC)ccn2)c1. The summed E-state index contributed by atoms with van der Waals surface area (Å²) in [6.45, 7) is 0. The van der Waals surface area contributed by atoms with E-state index in [1.54, 1.807) is 44.7 Å². The minimum absolute atomic E-state index is 0.299. The van der Waals surface area contributed by atoms with Crippen LogP contribution in [0, 0.1) is 0 Å². The lowest BCUT2D eigenvalue weighted by molar-refractivity contribution is 0.102. The van der Waals surface area contributed by atoms with E-state index in [4.69, 9.17) is 9.47 Å². The maximum Gasteiger partial charge on any atom is 0.274 e. The molecule has 6 nitrogen and oxygen atoms in total. The van der Waals surface area contributed by atoms with Crippen LogP contribution >= 0.6 is 0 Å². The summed E-state index contributed by atoms with van der Waals surface area (Å²) in [7, 11) is 3.19. The molecule has 0 radical (unpaired) electrons. The third-order valence-corrected chi connectivity index (χ3v) is 3.71. The zero-order chi connectivity index (χ0) is 18.4. The van der Waals surface area contributed by atoms with Gasteiger partial charge in [-0.25, -0.2) is 0 Å². The van der Waals surface area contributed by atoms with Gasteiger partial charge in [0.1, 0.15) is 17.2 Å². The fraction of sp³-hybridized carbons (Fsp3) is 0.100. The van der Waals surface area contributed by atoms with Crippen LogP contribution in [0.2, 0.25) is 0 Å². The predicted octanol–water partition coefficient (Wildman–Crippen LogP) is 4.09. The molecule has 132 valence electrons. The molecule has 2 N–H and O–H groups in total. The van der Waals surface area contributed by atoms with Gasteiger partial charge >= 0.3 is 0 Å². The minimum atomic E-state index is -0.304. The van der Waals surface area contributed by atoms with E-state index < -0.39 is 0 Å². The first kappa shape index (κ1) is 17.3. The van der Waals surface area contributed by atoms with Crippen LogP contribution in [0.25, 0.3) is 0 Å². The molecule has 26 heavy (non-hydrogen) atoms. The number of nitrogens with one attached hydrogen (secondary N) is 2. The number of anilines is 3. The Morgan fingerprint density at radius 2 is 1.77 bits per heavy atom. The van der Waals surface area contributed by atoms with Gasteiger partial charge in [-0.1, -0.05) is 18.2 Å². The van der Waals surface area contributed by atoms with Crippen LogP contribution in [0.3, 0.4) is 0 Å². The summed E-state index contributed by atoms with van der Waals surface area (Å²) in [5.74, 6) is 1.08. The van der Waals surface area contributed by atoms with Gasteiger partial charge in [-0.3, -0.25) is 9.78 Å². The van der Waals surface area contributed by atoms with Gasteiger partial charge in [0.2, 0.25) is 0 Å². The van der Waals surface area contributed by atoms with Crippen molar-refractivity contribution in [2.75, 3.05) is 24.9 Å². The molecule has 1 amide bonds. The van der Waals surface area contributed by atoms with E-state index in [-0.39, 0.29) is 5.91 Å². The van der Waals surface area contributed by atoms with Crippen LogP contribution < -0.4 is 20.1 Å². The number of carbonyl (C=O) groups excluding carboxylic acids is 1. The first-order chi connectivity index (χ1) is 12.7. The third kappa shape index (κ3) is 4.10. The Hall–Kier alpha value is -3.54. The largest absolute Gasteiger partial charge is 0.497 e. The molecule has 0 atom stereocenters. The normalized spacial score (nSPS) is 10.1. The molecule has 0 aliphatic rings. The number of rotatable bonds is 6. The zero-order valence-corrected chi connectivity index (χ0v) is 14.5. The highest BCUT2D eigenvalue weighted by Gasteiger charge is 2.10. The number of hydrogen-bond acceptors (Lipinski definition) is 5. The average molecular weight is 349 g/mol. The van der Waals surface area contributed by atoms with Gasteiger partial charge in [0, 0.05) is 23.6 Å². The smallest absolute Gasteiger partial charge is 0.274 e. The molecule has 1 aromatic heterocycles. The Balaban J connectivity index is 1.77. The molecule has 0 saturated heterocycles. The lowest BCUT2D eigenvalue weighted by Crippen LogP contribution is -2.13. The van der Waals surface area contributed by atoms with Crippen molar-refractivity contribution in [3.63, 3.8) is 0 Å². The molecule has 0 unspecified atom stereocenters. The van der Waals surface area contributed by atoms with Crippen molar-refractivity contribution in [3.05, 3.63) is 72.6 Å². The van der Waals surface area contributed by atoms with Crippen molar-refractivity contribution in [1.29, 1.82) is 0 Å². The molecule has 0 saturated carbocycles. The van der Waals surface area contributed by atoms with E-state index in [2.05, 4.69) is 15.6 Å². The molecule has 0 fully saturated rings.